The van der Waals surface area contributed by atoms with Crippen molar-refractivity contribution >= 4 is 0 Å². The Labute approximate surface area is 169 Å². The topological polar surface area (TPSA) is 73.6 Å². The first-order valence-electron chi connectivity index (χ1n) is 9.73. The summed E-state index contributed by atoms with van der Waals surface area (Å²) in [5, 5.41) is 9.20. The van der Waals surface area contributed by atoms with Crippen molar-refractivity contribution in [2.24, 2.45) is 0 Å². The number of fused-ring (bicyclic) bond motifs is 1. The van der Waals surface area contributed by atoms with Gasteiger partial charge in [0, 0.05) is 24.8 Å². The van der Waals surface area contributed by atoms with E-state index >= 15 is 0 Å². The molecule has 6 nitrogen and oxygen atoms in total. The third-order valence-corrected chi connectivity index (χ3v) is 5.31. The first kappa shape index (κ1) is 19.2. The Kier molecular flexibility index (Phi) is 5.36. The Balaban J connectivity index is 1.42. The highest BCUT2D eigenvalue weighted by molar-refractivity contribution is 5.68. The maximum Gasteiger partial charge on any atom is 0.300 e. The van der Waals surface area contributed by atoms with Gasteiger partial charge in [-0.05, 0) is 48.2 Å². The molecular formula is C23H24N2O4. The van der Waals surface area contributed by atoms with Gasteiger partial charge in [-0.2, -0.15) is 4.98 Å². The summed E-state index contributed by atoms with van der Waals surface area (Å²) in [6, 6.07) is 16.1. The van der Waals surface area contributed by atoms with Crippen LogP contribution < -0.4 is 15.0 Å². The summed E-state index contributed by atoms with van der Waals surface area (Å²) in [4.78, 5) is 15.6. The number of rotatable bonds is 6. The average molecular weight is 392 g/mol. The number of hydrogen-bond donors (Lipinski definition) is 1. The fourth-order valence-corrected chi connectivity index (χ4v) is 3.60. The normalized spacial score (nSPS) is 15.1. The Morgan fingerprint density at radius 1 is 1.21 bits per heavy atom. The monoisotopic (exact) mass is 392 g/mol. The molecule has 1 aliphatic rings. The van der Waals surface area contributed by atoms with Crippen LogP contribution in [0.15, 0.2) is 53.3 Å². The summed E-state index contributed by atoms with van der Waals surface area (Å²) in [6.07, 6.45) is 0.155. The van der Waals surface area contributed by atoms with E-state index in [1.165, 1.54) is 22.8 Å². The van der Waals surface area contributed by atoms with Crippen molar-refractivity contribution in [1.29, 1.82) is 0 Å². The molecule has 3 aromatic rings. The van der Waals surface area contributed by atoms with Gasteiger partial charge in [0.15, 0.2) is 6.10 Å². The van der Waals surface area contributed by atoms with E-state index in [4.69, 9.17) is 9.47 Å². The van der Waals surface area contributed by atoms with Crippen LogP contribution in [-0.4, -0.2) is 34.0 Å². The molecule has 0 bridgehead atoms. The summed E-state index contributed by atoms with van der Waals surface area (Å²) in [7, 11) is 0. The molecule has 1 atom stereocenters. The molecule has 0 amide bonds. The molecule has 0 spiro atoms. The van der Waals surface area contributed by atoms with E-state index in [1.807, 2.05) is 16.7 Å². The molecule has 0 saturated carbocycles. The predicted octanol–water partition coefficient (Wildman–Crippen LogP) is 2.90. The van der Waals surface area contributed by atoms with Gasteiger partial charge in [-0.3, -0.25) is 9.36 Å². The second-order valence-electron chi connectivity index (χ2n) is 7.28. The molecule has 1 aliphatic heterocycles. The molecule has 6 heteroatoms. The van der Waals surface area contributed by atoms with Gasteiger partial charge in [0.05, 0.1) is 6.54 Å². The highest BCUT2D eigenvalue weighted by atomic mass is 16.6. The first-order chi connectivity index (χ1) is 14.0. The zero-order valence-corrected chi connectivity index (χ0v) is 16.6. The third kappa shape index (κ3) is 4.03. The summed E-state index contributed by atoms with van der Waals surface area (Å²) in [5.41, 5.74) is 5.29. The van der Waals surface area contributed by atoms with E-state index in [1.54, 1.807) is 0 Å². The van der Waals surface area contributed by atoms with Gasteiger partial charge in [0.2, 0.25) is 0 Å². The molecule has 29 heavy (non-hydrogen) atoms. The quantitative estimate of drug-likeness (QED) is 0.698. The minimum absolute atomic E-state index is 0.0309. The van der Waals surface area contributed by atoms with Gasteiger partial charge >= 0.3 is 0 Å². The smallest absolute Gasteiger partial charge is 0.300 e. The fraction of sp³-hybridized carbons (Fsp3) is 0.304. The van der Waals surface area contributed by atoms with Crippen molar-refractivity contribution in [1.82, 2.24) is 9.55 Å². The summed E-state index contributed by atoms with van der Waals surface area (Å²) in [6.45, 7) is 5.10. The van der Waals surface area contributed by atoms with Gasteiger partial charge in [-0.1, -0.05) is 30.3 Å². The molecule has 1 aromatic heterocycles. The van der Waals surface area contributed by atoms with Crippen LogP contribution in [0, 0.1) is 13.8 Å². The van der Waals surface area contributed by atoms with E-state index in [2.05, 4.69) is 49.2 Å². The minimum atomic E-state index is -0.358. The SMILES string of the molecule is Cc1cccc(-c2ccc(OCC3Cn4c(CCO)cc(=O)nc4O3)cc2)c1C. The zero-order valence-electron chi connectivity index (χ0n) is 16.6. The van der Waals surface area contributed by atoms with Gasteiger partial charge < -0.3 is 14.6 Å². The molecule has 0 radical (unpaired) electrons. The number of aliphatic hydroxyl groups excluding tert-OH is 1. The van der Waals surface area contributed by atoms with Crippen molar-refractivity contribution in [3.63, 3.8) is 0 Å². The van der Waals surface area contributed by atoms with Crippen LogP contribution >= 0.6 is 0 Å². The molecule has 2 aromatic carbocycles. The van der Waals surface area contributed by atoms with Crippen molar-refractivity contribution in [3.8, 4) is 22.9 Å². The number of aryl methyl sites for hydroxylation is 1. The maximum absolute atomic E-state index is 11.7. The van der Waals surface area contributed by atoms with Gasteiger partial charge in [0.25, 0.3) is 11.6 Å². The molecule has 0 aliphatic carbocycles. The standard InChI is InChI=1S/C23H24N2O4/c1-15-4-3-5-21(16(15)2)17-6-8-19(9-7-17)28-14-20-13-25-18(10-11-26)12-22(27)24-23(25)29-20/h3-9,12,20,26H,10-11,13-14H2,1-2H3. The van der Waals surface area contributed by atoms with E-state index in [0.717, 1.165) is 17.0 Å². The lowest BCUT2D eigenvalue weighted by Crippen LogP contribution is -2.23. The van der Waals surface area contributed by atoms with E-state index in [0.29, 0.717) is 25.6 Å². The van der Waals surface area contributed by atoms with E-state index < -0.39 is 0 Å². The molecule has 2 heterocycles. The molecule has 1 N–H and O–H groups in total. The molecule has 4 rings (SSSR count). The number of aromatic nitrogens is 2. The largest absolute Gasteiger partial charge is 0.490 e. The van der Waals surface area contributed by atoms with Crippen LogP contribution in [0.2, 0.25) is 0 Å². The van der Waals surface area contributed by atoms with E-state index in [9.17, 15) is 9.90 Å². The van der Waals surface area contributed by atoms with Gasteiger partial charge in [-0.15, -0.1) is 0 Å². The second-order valence-corrected chi connectivity index (χ2v) is 7.28. The highest BCUT2D eigenvalue weighted by Gasteiger charge is 2.26. The molecule has 150 valence electrons. The number of aliphatic hydroxyl groups is 1. The van der Waals surface area contributed by atoms with Crippen LogP contribution in [0.5, 0.6) is 11.8 Å². The number of nitrogens with zero attached hydrogens (tertiary/aromatic N) is 2. The first-order valence-corrected chi connectivity index (χ1v) is 9.73. The molecule has 0 fully saturated rings. The molecule has 1 unspecified atom stereocenters. The average Bonchev–Trinajstić information content (AvgIpc) is 3.12. The lowest BCUT2D eigenvalue weighted by atomic mass is 9.97. The molecule has 0 saturated heterocycles. The Morgan fingerprint density at radius 2 is 2.00 bits per heavy atom. The number of hydrogen-bond acceptors (Lipinski definition) is 5. The van der Waals surface area contributed by atoms with E-state index in [-0.39, 0.29) is 18.3 Å². The summed E-state index contributed by atoms with van der Waals surface area (Å²) in [5.74, 6) is 0.761. The van der Waals surface area contributed by atoms with Crippen molar-refractivity contribution in [3.05, 3.63) is 75.7 Å². The lowest BCUT2D eigenvalue weighted by Gasteiger charge is -2.13. The number of ether oxygens (including phenoxy) is 2. The zero-order chi connectivity index (χ0) is 20.4. The third-order valence-electron chi connectivity index (χ3n) is 5.31. The van der Waals surface area contributed by atoms with Gasteiger partial charge in [-0.25, -0.2) is 0 Å². The van der Waals surface area contributed by atoms with Crippen LogP contribution in [0.4, 0.5) is 0 Å². The summed E-state index contributed by atoms with van der Waals surface area (Å²) >= 11 is 0. The van der Waals surface area contributed by atoms with Crippen LogP contribution in [0.25, 0.3) is 11.1 Å². The van der Waals surface area contributed by atoms with Crippen molar-refractivity contribution in [2.45, 2.75) is 32.9 Å². The van der Waals surface area contributed by atoms with Gasteiger partial charge in [0.1, 0.15) is 12.4 Å². The van der Waals surface area contributed by atoms with Crippen LogP contribution in [0.1, 0.15) is 16.8 Å². The molecular weight excluding hydrogens is 368 g/mol. The van der Waals surface area contributed by atoms with Crippen LogP contribution in [-0.2, 0) is 13.0 Å². The Hall–Kier alpha value is -3.12. The van der Waals surface area contributed by atoms with Crippen molar-refractivity contribution in [2.75, 3.05) is 13.2 Å². The Bertz CT molecular complexity index is 1070. The maximum atomic E-state index is 11.7. The minimum Gasteiger partial charge on any atom is -0.490 e. The highest BCUT2D eigenvalue weighted by Crippen LogP contribution is 2.27. The lowest BCUT2D eigenvalue weighted by molar-refractivity contribution is 0.143. The fourth-order valence-electron chi connectivity index (χ4n) is 3.60. The van der Waals surface area contributed by atoms with Crippen molar-refractivity contribution < 1.29 is 14.6 Å². The van der Waals surface area contributed by atoms with Crippen LogP contribution in [0.3, 0.4) is 0 Å². The predicted molar refractivity (Wildman–Crippen MR) is 111 cm³/mol. The second kappa shape index (κ2) is 8.09. The Morgan fingerprint density at radius 3 is 2.76 bits per heavy atom. The summed E-state index contributed by atoms with van der Waals surface area (Å²) < 4.78 is 13.5. The number of benzene rings is 2.